The van der Waals surface area contributed by atoms with Crippen molar-refractivity contribution in [1.82, 2.24) is 18.7 Å². The van der Waals surface area contributed by atoms with E-state index in [0.29, 0.717) is 45.0 Å². The predicted octanol–water partition coefficient (Wildman–Crippen LogP) is 7.77. The zero-order chi connectivity index (χ0) is 31.7. The smallest absolute Gasteiger partial charge is 0.276 e. The highest BCUT2D eigenvalue weighted by molar-refractivity contribution is 6.34. The fourth-order valence-corrected chi connectivity index (χ4v) is 6.39. The normalized spacial score (nSPS) is 14.0. The van der Waals surface area contributed by atoms with Gasteiger partial charge in [-0.2, -0.15) is 0 Å². The number of nitrogens with zero attached hydrogens (tertiary/aromatic N) is 4. The van der Waals surface area contributed by atoms with Crippen LogP contribution in [0.5, 0.6) is 11.5 Å². The molecule has 0 bridgehead atoms. The third-order valence-electron chi connectivity index (χ3n) is 7.50. The molecule has 234 valence electrons. The molecule has 0 atom stereocenters. The molecular weight excluding hydrogens is 660 g/mol. The SMILES string of the molecule is C=CCCOc1cc(-c2c(Cl)n3n(c2=O)CCCC3)c(F)cc1Cl.O=c1c(-c2cc(O)c(Cl)cc2F)c(Cl)n2n1CCCC2. The van der Waals surface area contributed by atoms with Gasteiger partial charge in [0.25, 0.3) is 11.1 Å². The predicted molar refractivity (Wildman–Crippen MR) is 169 cm³/mol. The molecule has 0 spiro atoms. The minimum atomic E-state index is -0.685. The molecule has 0 fully saturated rings. The number of fused-ring (bicyclic) bond motifs is 2. The van der Waals surface area contributed by atoms with Crippen LogP contribution in [0.2, 0.25) is 20.4 Å². The molecule has 6 rings (SSSR count). The Balaban J connectivity index is 0.000000177. The molecule has 1 N–H and O–H groups in total. The Morgan fingerprint density at radius 3 is 1.68 bits per heavy atom. The second-order valence-corrected chi connectivity index (χ2v) is 11.9. The number of ether oxygens (including phenoxy) is 1. The summed E-state index contributed by atoms with van der Waals surface area (Å²) in [6.45, 7) is 6.39. The molecule has 2 aliphatic heterocycles. The number of rotatable bonds is 6. The highest BCUT2D eigenvalue weighted by atomic mass is 35.5. The summed E-state index contributed by atoms with van der Waals surface area (Å²) in [7, 11) is 0. The van der Waals surface area contributed by atoms with Gasteiger partial charge in [0.2, 0.25) is 0 Å². The first-order valence-electron chi connectivity index (χ1n) is 13.9. The van der Waals surface area contributed by atoms with Crippen molar-refractivity contribution in [2.45, 2.75) is 58.3 Å². The lowest BCUT2D eigenvalue weighted by Crippen LogP contribution is -2.27. The summed E-state index contributed by atoms with van der Waals surface area (Å²) in [4.78, 5) is 25.0. The molecule has 14 heteroatoms. The summed E-state index contributed by atoms with van der Waals surface area (Å²) in [6.07, 6.45) is 5.98. The van der Waals surface area contributed by atoms with E-state index in [9.17, 15) is 23.5 Å². The molecule has 0 amide bonds. The second-order valence-electron chi connectivity index (χ2n) is 10.3. The minimum Gasteiger partial charge on any atom is -0.506 e. The van der Waals surface area contributed by atoms with E-state index < -0.39 is 11.6 Å². The van der Waals surface area contributed by atoms with Crippen LogP contribution in [0.15, 0.2) is 46.5 Å². The van der Waals surface area contributed by atoms with E-state index >= 15 is 0 Å². The topological polar surface area (TPSA) is 83.3 Å². The van der Waals surface area contributed by atoms with Crippen molar-refractivity contribution in [2.75, 3.05) is 6.61 Å². The molecule has 2 aliphatic rings. The van der Waals surface area contributed by atoms with Crippen molar-refractivity contribution in [3.63, 3.8) is 0 Å². The van der Waals surface area contributed by atoms with E-state index in [1.165, 1.54) is 10.7 Å². The molecule has 2 aromatic carbocycles. The molecule has 0 saturated carbocycles. The fraction of sp³-hybridized carbons (Fsp3) is 0.333. The molecule has 0 unspecified atom stereocenters. The van der Waals surface area contributed by atoms with E-state index in [2.05, 4.69) is 6.58 Å². The van der Waals surface area contributed by atoms with Gasteiger partial charge in [0.15, 0.2) is 0 Å². The van der Waals surface area contributed by atoms with E-state index in [-0.39, 0.29) is 59.5 Å². The van der Waals surface area contributed by atoms with Crippen molar-refractivity contribution >= 4 is 46.4 Å². The van der Waals surface area contributed by atoms with Gasteiger partial charge in [-0.3, -0.25) is 19.0 Å². The molecular formula is C30H28Cl4F2N4O4. The third kappa shape index (κ3) is 6.05. The third-order valence-corrected chi connectivity index (χ3v) is 8.87. The van der Waals surface area contributed by atoms with Crippen LogP contribution in [-0.2, 0) is 26.2 Å². The van der Waals surface area contributed by atoms with Crippen LogP contribution in [-0.4, -0.2) is 30.4 Å². The van der Waals surface area contributed by atoms with Gasteiger partial charge < -0.3 is 9.84 Å². The van der Waals surface area contributed by atoms with Crippen LogP contribution in [0.4, 0.5) is 8.78 Å². The summed E-state index contributed by atoms with van der Waals surface area (Å²) >= 11 is 24.2. The Hall–Kier alpha value is -3.18. The van der Waals surface area contributed by atoms with Crippen LogP contribution in [0.1, 0.15) is 32.1 Å². The van der Waals surface area contributed by atoms with Crippen molar-refractivity contribution in [3.05, 3.63) is 89.6 Å². The van der Waals surface area contributed by atoms with E-state index in [0.717, 1.165) is 43.9 Å². The van der Waals surface area contributed by atoms with Gasteiger partial charge in [-0.25, -0.2) is 18.1 Å². The molecule has 0 aliphatic carbocycles. The quantitative estimate of drug-likeness (QED) is 0.166. The van der Waals surface area contributed by atoms with Gasteiger partial charge in [-0.15, -0.1) is 6.58 Å². The maximum atomic E-state index is 14.5. The first-order valence-corrected chi connectivity index (χ1v) is 15.5. The largest absolute Gasteiger partial charge is 0.506 e. The summed E-state index contributed by atoms with van der Waals surface area (Å²) in [5.41, 5.74) is -0.346. The molecule has 0 radical (unpaired) electrons. The first-order chi connectivity index (χ1) is 21.0. The molecule has 2 aromatic heterocycles. The second kappa shape index (κ2) is 13.4. The van der Waals surface area contributed by atoms with Crippen molar-refractivity contribution in [2.24, 2.45) is 0 Å². The fourth-order valence-electron chi connectivity index (χ4n) is 5.32. The molecule has 4 heterocycles. The van der Waals surface area contributed by atoms with Crippen LogP contribution in [0.3, 0.4) is 0 Å². The van der Waals surface area contributed by atoms with Crippen molar-refractivity contribution in [3.8, 4) is 33.8 Å². The van der Waals surface area contributed by atoms with E-state index in [1.54, 1.807) is 20.1 Å². The lowest BCUT2D eigenvalue weighted by Gasteiger charge is -2.17. The average molecular weight is 688 g/mol. The maximum Gasteiger partial charge on any atom is 0.276 e. The van der Waals surface area contributed by atoms with Crippen LogP contribution >= 0.6 is 46.4 Å². The highest BCUT2D eigenvalue weighted by Gasteiger charge is 2.26. The zero-order valence-corrected chi connectivity index (χ0v) is 26.4. The monoisotopic (exact) mass is 686 g/mol. The Kier molecular flexibility index (Phi) is 9.84. The Morgan fingerprint density at radius 2 is 1.20 bits per heavy atom. The van der Waals surface area contributed by atoms with Gasteiger partial charge in [0.1, 0.15) is 33.4 Å². The number of aromatic hydroxyl groups is 1. The van der Waals surface area contributed by atoms with Gasteiger partial charge >= 0.3 is 0 Å². The Morgan fingerprint density at radius 1 is 0.750 bits per heavy atom. The van der Waals surface area contributed by atoms with Gasteiger partial charge in [0, 0.05) is 37.3 Å². The average Bonchev–Trinajstić information content (AvgIpc) is 3.41. The van der Waals surface area contributed by atoms with E-state index in [4.69, 9.17) is 51.1 Å². The summed E-state index contributed by atoms with van der Waals surface area (Å²) in [5.74, 6) is -1.25. The summed E-state index contributed by atoms with van der Waals surface area (Å²) < 4.78 is 40.5. The number of phenolic OH excluding ortho intramolecular Hbond substituents is 1. The number of aromatic nitrogens is 4. The summed E-state index contributed by atoms with van der Waals surface area (Å²) in [6, 6.07) is 4.70. The number of phenols is 1. The van der Waals surface area contributed by atoms with Crippen LogP contribution in [0, 0.1) is 11.6 Å². The minimum absolute atomic E-state index is 0.0312. The van der Waals surface area contributed by atoms with E-state index in [1.807, 2.05) is 0 Å². The lowest BCUT2D eigenvalue weighted by atomic mass is 10.1. The van der Waals surface area contributed by atoms with Crippen LogP contribution < -0.4 is 15.9 Å². The Bertz CT molecular complexity index is 1860. The summed E-state index contributed by atoms with van der Waals surface area (Å²) in [5, 5.41) is 10.1. The molecule has 8 nitrogen and oxygen atoms in total. The highest BCUT2D eigenvalue weighted by Crippen LogP contribution is 2.37. The van der Waals surface area contributed by atoms with Crippen molar-refractivity contribution in [1.29, 1.82) is 0 Å². The first kappa shape index (κ1) is 32.2. The number of benzene rings is 2. The Labute approximate surface area is 271 Å². The number of halogens is 6. The lowest BCUT2D eigenvalue weighted by molar-refractivity contribution is 0.325. The maximum absolute atomic E-state index is 14.5. The zero-order valence-electron chi connectivity index (χ0n) is 23.4. The van der Waals surface area contributed by atoms with Gasteiger partial charge in [0.05, 0.1) is 27.8 Å². The van der Waals surface area contributed by atoms with Gasteiger partial charge in [-0.1, -0.05) is 52.5 Å². The molecule has 44 heavy (non-hydrogen) atoms. The molecule has 4 aromatic rings. The van der Waals surface area contributed by atoms with Gasteiger partial charge in [-0.05, 0) is 56.4 Å². The van der Waals surface area contributed by atoms with Crippen molar-refractivity contribution < 1.29 is 18.6 Å². The number of hydrogen-bond donors (Lipinski definition) is 1. The van der Waals surface area contributed by atoms with Crippen LogP contribution in [0.25, 0.3) is 22.3 Å². The molecule has 0 saturated heterocycles. The number of hydrogen-bond acceptors (Lipinski definition) is 4. The standard InChI is InChI=1S/C17H17Cl2FN2O2.C13H11Cl2FN2O2/c1-2-3-8-24-14-9-11(13(20)10-12(14)18)15-16(19)21-6-4-5-7-22(21)17(15)23;14-8-6-9(16)7(5-10(8)19)11-12(15)17-3-1-2-4-18(17)13(11)20/h2,9-10H,1,3-8H2;5-6,19H,1-4H2.